The number of nitrogens with zero attached hydrogens (tertiary/aromatic N) is 3. The van der Waals surface area contributed by atoms with E-state index in [1.54, 1.807) is 4.68 Å². The highest BCUT2D eigenvalue weighted by Gasteiger charge is 2.26. The molecule has 0 amide bonds. The van der Waals surface area contributed by atoms with Crippen molar-refractivity contribution in [2.45, 2.75) is 25.8 Å². The standard InChI is InChI=1S/C15H17N3O3/c1-10-3-2-4-11(7-10)8-13-14(15(19)20)16-17-18(13)12-5-6-21-9-12/h2-4,7,12H,5-6,8-9H2,1H3,(H,19,20). The molecule has 6 heteroatoms. The van der Waals surface area contributed by atoms with E-state index in [-0.39, 0.29) is 11.7 Å². The number of hydrogen-bond donors (Lipinski definition) is 1. The number of carboxylic acid groups (broad SMARTS) is 1. The Hall–Kier alpha value is -2.21. The van der Waals surface area contributed by atoms with Crippen molar-refractivity contribution >= 4 is 5.97 Å². The van der Waals surface area contributed by atoms with E-state index in [2.05, 4.69) is 10.3 Å². The maximum atomic E-state index is 11.4. The number of hydrogen-bond acceptors (Lipinski definition) is 4. The van der Waals surface area contributed by atoms with Crippen LogP contribution in [0.4, 0.5) is 0 Å². The number of rotatable bonds is 4. The van der Waals surface area contributed by atoms with Crippen LogP contribution in [0.2, 0.25) is 0 Å². The van der Waals surface area contributed by atoms with Crippen molar-refractivity contribution in [3.05, 3.63) is 46.8 Å². The molecule has 21 heavy (non-hydrogen) atoms. The van der Waals surface area contributed by atoms with Crippen LogP contribution in [-0.4, -0.2) is 39.3 Å². The van der Waals surface area contributed by atoms with E-state index < -0.39 is 5.97 Å². The molecule has 2 aromatic rings. The van der Waals surface area contributed by atoms with Crippen LogP contribution in [0.15, 0.2) is 24.3 Å². The summed E-state index contributed by atoms with van der Waals surface area (Å²) >= 11 is 0. The summed E-state index contributed by atoms with van der Waals surface area (Å²) in [6.45, 7) is 3.25. The van der Waals surface area contributed by atoms with Crippen LogP contribution >= 0.6 is 0 Å². The lowest BCUT2D eigenvalue weighted by atomic mass is 10.1. The van der Waals surface area contributed by atoms with Crippen molar-refractivity contribution in [2.75, 3.05) is 13.2 Å². The highest BCUT2D eigenvalue weighted by Crippen LogP contribution is 2.23. The van der Waals surface area contributed by atoms with Gasteiger partial charge >= 0.3 is 5.97 Å². The number of benzene rings is 1. The first kappa shape index (κ1) is 13.8. The predicted molar refractivity (Wildman–Crippen MR) is 75.4 cm³/mol. The zero-order valence-corrected chi connectivity index (χ0v) is 11.8. The summed E-state index contributed by atoms with van der Waals surface area (Å²) in [5.74, 6) is -1.04. The molecule has 1 fully saturated rings. The Balaban J connectivity index is 1.97. The molecule has 0 bridgehead atoms. The molecule has 2 heterocycles. The molecule has 1 unspecified atom stereocenters. The van der Waals surface area contributed by atoms with Gasteiger partial charge in [0.2, 0.25) is 0 Å². The van der Waals surface area contributed by atoms with E-state index in [1.165, 1.54) is 0 Å². The van der Waals surface area contributed by atoms with Crippen LogP contribution < -0.4 is 0 Å². The number of carboxylic acids is 1. The van der Waals surface area contributed by atoms with E-state index in [0.29, 0.717) is 25.3 Å². The van der Waals surface area contributed by atoms with Gasteiger partial charge in [-0.05, 0) is 18.9 Å². The number of aromatic nitrogens is 3. The van der Waals surface area contributed by atoms with Crippen LogP contribution in [0.3, 0.4) is 0 Å². The second-order valence-electron chi connectivity index (χ2n) is 5.32. The summed E-state index contributed by atoms with van der Waals surface area (Å²) in [5, 5.41) is 17.2. The lowest BCUT2D eigenvalue weighted by Gasteiger charge is -2.12. The summed E-state index contributed by atoms with van der Waals surface area (Å²) in [5.41, 5.74) is 2.87. The minimum Gasteiger partial charge on any atom is -0.476 e. The molecule has 1 aliphatic rings. The highest BCUT2D eigenvalue weighted by molar-refractivity contribution is 5.86. The average molecular weight is 287 g/mol. The molecule has 1 saturated heterocycles. The van der Waals surface area contributed by atoms with Gasteiger partial charge in [0.1, 0.15) is 0 Å². The minimum absolute atomic E-state index is 0.0309. The fourth-order valence-electron chi connectivity index (χ4n) is 2.67. The Morgan fingerprint density at radius 3 is 3.05 bits per heavy atom. The molecule has 1 N–H and O–H groups in total. The van der Waals surface area contributed by atoms with Crippen molar-refractivity contribution in [3.63, 3.8) is 0 Å². The van der Waals surface area contributed by atoms with E-state index in [4.69, 9.17) is 4.74 Å². The molecular formula is C15H17N3O3. The zero-order valence-electron chi connectivity index (χ0n) is 11.8. The minimum atomic E-state index is -1.04. The van der Waals surface area contributed by atoms with Crippen LogP contribution in [0, 0.1) is 6.92 Å². The SMILES string of the molecule is Cc1cccc(Cc2c(C(=O)O)nnn2C2CCOC2)c1. The fourth-order valence-corrected chi connectivity index (χ4v) is 2.67. The molecule has 0 aliphatic carbocycles. The molecule has 6 nitrogen and oxygen atoms in total. The second-order valence-corrected chi connectivity index (χ2v) is 5.32. The summed E-state index contributed by atoms with van der Waals surface area (Å²) in [7, 11) is 0. The smallest absolute Gasteiger partial charge is 0.358 e. The third kappa shape index (κ3) is 2.80. The maximum Gasteiger partial charge on any atom is 0.358 e. The Labute approximate surface area is 122 Å². The number of carbonyl (C=O) groups is 1. The first-order valence-electron chi connectivity index (χ1n) is 6.96. The Morgan fingerprint density at radius 1 is 1.52 bits per heavy atom. The van der Waals surface area contributed by atoms with Crippen molar-refractivity contribution in [2.24, 2.45) is 0 Å². The lowest BCUT2D eigenvalue weighted by molar-refractivity contribution is 0.0689. The quantitative estimate of drug-likeness (QED) is 0.928. The molecule has 0 radical (unpaired) electrons. The topological polar surface area (TPSA) is 77.2 Å². The largest absolute Gasteiger partial charge is 0.476 e. The van der Waals surface area contributed by atoms with Gasteiger partial charge in [-0.15, -0.1) is 5.10 Å². The summed E-state index contributed by atoms with van der Waals surface area (Å²) in [4.78, 5) is 11.4. The third-order valence-corrected chi connectivity index (χ3v) is 3.70. The Bertz CT molecular complexity index is 660. The lowest BCUT2D eigenvalue weighted by Crippen LogP contribution is -2.15. The maximum absolute atomic E-state index is 11.4. The number of aryl methyl sites for hydroxylation is 1. The van der Waals surface area contributed by atoms with Crippen molar-refractivity contribution in [1.29, 1.82) is 0 Å². The summed E-state index contributed by atoms with van der Waals surface area (Å²) in [6.07, 6.45) is 1.34. The molecule has 0 saturated carbocycles. The third-order valence-electron chi connectivity index (χ3n) is 3.70. The predicted octanol–water partition coefficient (Wildman–Crippen LogP) is 1.84. The van der Waals surface area contributed by atoms with Crippen molar-refractivity contribution in [1.82, 2.24) is 15.0 Å². The summed E-state index contributed by atoms with van der Waals surface area (Å²) < 4.78 is 7.09. The molecule has 1 atom stereocenters. The Morgan fingerprint density at radius 2 is 2.38 bits per heavy atom. The molecule has 0 spiro atoms. The van der Waals surface area contributed by atoms with Crippen molar-refractivity contribution in [3.8, 4) is 0 Å². The second kappa shape index (κ2) is 5.65. The first-order chi connectivity index (χ1) is 10.1. The van der Waals surface area contributed by atoms with Gasteiger partial charge in [0.15, 0.2) is 5.69 Å². The molecule has 1 aromatic carbocycles. The monoisotopic (exact) mass is 287 g/mol. The van der Waals surface area contributed by atoms with Gasteiger partial charge < -0.3 is 9.84 Å². The Kier molecular flexibility index (Phi) is 3.70. The van der Waals surface area contributed by atoms with Gasteiger partial charge in [-0.3, -0.25) is 0 Å². The molecule has 1 aliphatic heterocycles. The van der Waals surface area contributed by atoms with Gasteiger partial charge in [0, 0.05) is 13.0 Å². The first-order valence-corrected chi connectivity index (χ1v) is 6.96. The van der Waals surface area contributed by atoms with Gasteiger partial charge in [-0.25, -0.2) is 9.48 Å². The fraction of sp³-hybridized carbons (Fsp3) is 0.400. The molecule has 110 valence electrons. The number of aromatic carboxylic acids is 1. The normalized spacial score (nSPS) is 18.0. The van der Waals surface area contributed by atoms with E-state index >= 15 is 0 Å². The zero-order chi connectivity index (χ0) is 14.8. The molecule has 3 rings (SSSR count). The van der Waals surface area contributed by atoms with Gasteiger partial charge in [-0.2, -0.15) is 0 Å². The van der Waals surface area contributed by atoms with Gasteiger partial charge in [0.25, 0.3) is 0 Å². The van der Waals surface area contributed by atoms with Crippen LogP contribution in [-0.2, 0) is 11.2 Å². The van der Waals surface area contributed by atoms with E-state index in [9.17, 15) is 9.90 Å². The van der Waals surface area contributed by atoms with Crippen LogP contribution in [0.5, 0.6) is 0 Å². The molecular weight excluding hydrogens is 270 g/mol. The van der Waals surface area contributed by atoms with Gasteiger partial charge in [0.05, 0.1) is 18.3 Å². The van der Waals surface area contributed by atoms with E-state index in [1.807, 2.05) is 31.2 Å². The van der Waals surface area contributed by atoms with Crippen molar-refractivity contribution < 1.29 is 14.6 Å². The van der Waals surface area contributed by atoms with Crippen LogP contribution in [0.1, 0.15) is 39.8 Å². The molecule has 1 aromatic heterocycles. The number of ether oxygens (including phenoxy) is 1. The highest BCUT2D eigenvalue weighted by atomic mass is 16.5. The van der Waals surface area contributed by atoms with Gasteiger partial charge in [-0.1, -0.05) is 35.0 Å². The summed E-state index contributed by atoms with van der Waals surface area (Å²) in [6, 6.07) is 8.10. The average Bonchev–Trinajstić information content (AvgIpc) is 3.07. The van der Waals surface area contributed by atoms with E-state index in [0.717, 1.165) is 17.5 Å². The van der Waals surface area contributed by atoms with Crippen LogP contribution in [0.25, 0.3) is 0 Å².